The van der Waals surface area contributed by atoms with Crippen molar-refractivity contribution in [2.75, 3.05) is 13.1 Å². The van der Waals surface area contributed by atoms with Crippen molar-refractivity contribution in [2.24, 2.45) is 0 Å². The summed E-state index contributed by atoms with van der Waals surface area (Å²) >= 11 is 0. The average Bonchev–Trinajstić information content (AvgIpc) is 3.09. The highest BCUT2D eigenvalue weighted by Crippen LogP contribution is 2.23. The van der Waals surface area contributed by atoms with Gasteiger partial charge >= 0.3 is 0 Å². The van der Waals surface area contributed by atoms with Crippen LogP contribution in [-0.2, 0) is 13.1 Å². The molecule has 0 aliphatic carbocycles. The van der Waals surface area contributed by atoms with Gasteiger partial charge in [-0.2, -0.15) is 0 Å². The van der Waals surface area contributed by atoms with Crippen LogP contribution in [0.25, 0.3) is 5.69 Å². The van der Waals surface area contributed by atoms with Gasteiger partial charge in [0.1, 0.15) is 0 Å². The quantitative estimate of drug-likeness (QED) is 0.612. The largest absolute Gasteiger partial charge is 0.393 e. The molecule has 0 spiro atoms. The second-order valence-corrected chi connectivity index (χ2v) is 8.91. The Kier molecular flexibility index (Phi) is 6.77. The molecule has 1 fully saturated rings. The van der Waals surface area contributed by atoms with Gasteiger partial charge in [0.15, 0.2) is 0 Å². The smallest absolute Gasteiger partial charge is 0.253 e. The number of carbonyl (C=O) groups is 1. The van der Waals surface area contributed by atoms with Gasteiger partial charge in [-0.05, 0) is 62.4 Å². The maximum absolute atomic E-state index is 12.9. The van der Waals surface area contributed by atoms with Crippen molar-refractivity contribution in [2.45, 2.75) is 52.8 Å². The number of hydrogen-bond acceptors (Lipinski definition) is 3. The van der Waals surface area contributed by atoms with Gasteiger partial charge in [-0.1, -0.05) is 42.5 Å². The van der Waals surface area contributed by atoms with E-state index in [9.17, 15) is 9.90 Å². The first-order chi connectivity index (χ1) is 15.4. The fourth-order valence-corrected chi connectivity index (χ4v) is 4.55. The molecule has 2 aromatic carbocycles. The van der Waals surface area contributed by atoms with Crippen LogP contribution in [0.3, 0.4) is 0 Å². The van der Waals surface area contributed by atoms with Crippen molar-refractivity contribution >= 4 is 5.91 Å². The van der Waals surface area contributed by atoms with E-state index in [1.807, 2.05) is 32.0 Å². The van der Waals surface area contributed by atoms with Gasteiger partial charge in [-0.3, -0.25) is 9.69 Å². The Hall–Kier alpha value is -2.89. The number of aliphatic hydroxyl groups is 1. The van der Waals surface area contributed by atoms with Crippen molar-refractivity contribution < 1.29 is 9.90 Å². The van der Waals surface area contributed by atoms with Crippen LogP contribution in [0, 0.1) is 20.8 Å². The van der Waals surface area contributed by atoms with Crippen LogP contribution >= 0.6 is 0 Å². The maximum Gasteiger partial charge on any atom is 0.253 e. The van der Waals surface area contributed by atoms with E-state index in [0.717, 1.165) is 60.7 Å². The third-order valence-electron chi connectivity index (χ3n) is 6.47. The van der Waals surface area contributed by atoms with E-state index in [4.69, 9.17) is 0 Å². The molecule has 4 rings (SSSR count). The lowest BCUT2D eigenvalue weighted by atomic mass is 10.1. The molecule has 1 saturated heterocycles. The summed E-state index contributed by atoms with van der Waals surface area (Å²) in [6.07, 6.45) is 1.57. The topological polar surface area (TPSA) is 57.5 Å². The predicted molar refractivity (Wildman–Crippen MR) is 128 cm³/mol. The van der Waals surface area contributed by atoms with Gasteiger partial charge in [-0.15, -0.1) is 0 Å². The van der Waals surface area contributed by atoms with Gasteiger partial charge in [0, 0.05) is 43.3 Å². The molecule has 0 radical (unpaired) electrons. The van der Waals surface area contributed by atoms with Crippen molar-refractivity contribution in [3.05, 3.63) is 88.2 Å². The molecule has 0 atom stereocenters. The van der Waals surface area contributed by atoms with Gasteiger partial charge < -0.3 is 15.0 Å². The van der Waals surface area contributed by atoms with E-state index in [1.165, 1.54) is 11.1 Å². The van der Waals surface area contributed by atoms with Crippen LogP contribution in [-0.4, -0.2) is 39.7 Å². The van der Waals surface area contributed by atoms with E-state index in [0.29, 0.717) is 6.54 Å². The molecule has 5 heteroatoms. The molecule has 168 valence electrons. The Morgan fingerprint density at radius 1 is 1.00 bits per heavy atom. The minimum atomic E-state index is -0.140. The summed E-state index contributed by atoms with van der Waals surface area (Å²) in [7, 11) is 0. The minimum Gasteiger partial charge on any atom is -0.393 e. The zero-order chi connectivity index (χ0) is 22.7. The Balaban J connectivity index is 1.38. The minimum absolute atomic E-state index is 0.0473. The summed E-state index contributed by atoms with van der Waals surface area (Å²) in [4.78, 5) is 15.3. The molecule has 5 nitrogen and oxygen atoms in total. The van der Waals surface area contributed by atoms with Crippen LogP contribution in [0.4, 0.5) is 0 Å². The molecule has 2 N–H and O–H groups in total. The molecule has 0 unspecified atom stereocenters. The summed E-state index contributed by atoms with van der Waals surface area (Å²) < 4.78 is 2.15. The number of aryl methyl sites for hydroxylation is 2. The lowest BCUT2D eigenvalue weighted by Crippen LogP contribution is -2.35. The highest BCUT2D eigenvalue weighted by molar-refractivity contribution is 5.95. The number of likely N-dealkylation sites (tertiary alicyclic amines) is 1. The van der Waals surface area contributed by atoms with Crippen molar-refractivity contribution in [1.29, 1.82) is 0 Å². The number of para-hydroxylation sites is 1. The zero-order valence-electron chi connectivity index (χ0n) is 19.3. The third kappa shape index (κ3) is 4.95. The Morgan fingerprint density at radius 3 is 2.34 bits per heavy atom. The molecule has 0 bridgehead atoms. The number of amides is 1. The van der Waals surface area contributed by atoms with Gasteiger partial charge in [0.05, 0.1) is 11.7 Å². The van der Waals surface area contributed by atoms with E-state index >= 15 is 0 Å². The lowest BCUT2D eigenvalue weighted by molar-refractivity contribution is 0.0792. The maximum atomic E-state index is 12.9. The Labute approximate surface area is 190 Å². The number of aromatic nitrogens is 1. The summed E-state index contributed by atoms with van der Waals surface area (Å²) in [6.45, 7) is 9.43. The summed E-state index contributed by atoms with van der Waals surface area (Å²) in [5.41, 5.74) is 7.37. The fourth-order valence-electron chi connectivity index (χ4n) is 4.55. The van der Waals surface area contributed by atoms with Crippen LogP contribution in [0.5, 0.6) is 0 Å². The zero-order valence-corrected chi connectivity index (χ0v) is 19.3. The van der Waals surface area contributed by atoms with Crippen LogP contribution < -0.4 is 5.32 Å². The first-order valence-electron chi connectivity index (χ1n) is 11.4. The summed E-state index contributed by atoms with van der Waals surface area (Å²) in [6, 6.07) is 18.7. The molecule has 0 saturated carbocycles. The van der Waals surface area contributed by atoms with Crippen LogP contribution in [0.2, 0.25) is 0 Å². The van der Waals surface area contributed by atoms with Gasteiger partial charge in [-0.25, -0.2) is 0 Å². The molecule has 3 aromatic rings. The van der Waals surface area contributed by atoms with Crippen LogP contribution in [0.1, 0.15) is 51.3 Å². The second-order valence-electron chi connectivity index (χ2n) is 8.91. The Bertz CT molecular complexity index is 1080. The molecule has 2 heterocycles. The number of piperidine rings is 1. The standard InChI is InChI=1S/C27H33N3O2/c1-19-6-4-5-7-26(19)30-20(2)16-25(21(30)3)27(32)28-17-22-8-10-23(11-9-22)18-29-14-12-24(31)13-15-29/h4-11,16,24,31H,12-15,17-18H2,1-3H3,(H,28,32). The monoisotopic (exact) mass is 431 g/mol. The van der Waals surface area contributed by atoms with Crippen LogP contribution in [0.15, 0.2) is 54.6 Å². The number of nitrogens with zero attached hydrogens (tertiary/aromatic N) is 2. The predicted octanol–water partition coefficient (Wildman–Crippen LogP) is 4.29. The van der Waals surface area contributed by atoms with E-state index in [1.54, 1.807) is 0 Å². The first-order valence-corrected chi connectivity index (χ1v) is 11.4. The molecular weight excluding hydrogens is 398 g/mol. The first kappa shape index (κ1) is 22.3. The number of carbonyl (C=O) groups excluding carboxylic acids is 1. The number of benzene rings is 2. The molecular formula is C27H33N3O2. The van der Waals surface area contributed by atoms with Crippen molar-refractivity contribution in [3.63, 3.8) is 0 Å². The van der Waals surface area contributed by atoms with E-state index < -0.39 is 0 Å². The molecule has 1 aliphatic heterocycles. The third-order valence-corrected chi connectivity index (χ3v) is 6.47. The molecule has 1 aromatic heterocycles. The fraction of sp³-hybridized carbons (Fsp3) is 0.370. The van der Waals surface area contributed by atoms with Crippen molar-refractivity contribution in [3.8, 4) is 5.69 Å². The SMILES string of the molecule is Cc1ccccc1-n1c(C)cc(C(=O)NCc2ccc(CN3CCC(O)CC3)cc2)c1C. The number of rotatable bonds is 6. The highest BCUT2D eigenvalue weighted by atomic mass is 16.3. The number of nitrogens with one attached hydrogen (secondary N) is 1. The second kappa shape index (κ2) is 9.72. The van der Waals surface area contributed by atoms with Gasteiger partial charge in [0.25, 0.3) is 5.91 Å². The normalized spacial score (nSPS) is 15.1. The van der Waals surface area contributed by atoms with E-state index in [2.05, 4.69) is 58.1 Å². The highest BCUT2D eigenvalue weighted by Gasteiger charge is 2.18. The van der Waals surface area contributed by atoms with Crippen molar-refractivity contribution in [1.82, 2.24) is 14.8 Å². The molecule has 1 amide bonds. The van der Waals surface area contributed by atoms with E-state index in [-0.39, 0.29) is 12.0 Å². The average molecular weight is 432 g/mol. The lowest BCUT2D eigenvalue weighted by Gasteiger charge is -2.29. The summed E-state index contributed by atoms with van der Waals surface area (Å²) in [5, 5.41) is 12.7. The number of aliphatic hydroxyl groups excluding tert-OH is 1. The molecule has 1 aliphatic rings. The Morgan fingerprint density at radius 2 is 1.66 bits per heavy atom. The van der Waals surface area contributed by atoms with Gasteiger partial charge in [0.2, 0.25) is 0 Å². The number of hydrogen-bond donors (Lipinski definition) is 2. The molecule has 32 heavy (non-hydrogen) atoms. The summed E-state index contributed by atoms with van der Waals surface area (Å²) in [5.74, 6) is -0.0473.